The first-order valence-electron chi connectivity index (χ1n) is 4.79. The Hall–Kier alpha value is -1.08. The summed E-state index contributed by atoms with van der Waals surface area (Å²) in [6.45, 7) is 0. The maximum atomic E-state index is 11.7. The molecule has 0 saturated carbocycles. The van der Waals surface area contributed by atoms with Gasteiger partial charge >= 0.3 is 0 Å². The summed E-state index contributed by atoms with van der Waals surface area (Å²) in [6, 6.07) is 7.89. The van der Waals surface area contributed by atoms with E-state index in [0.29, 0.717) is 0 Å². The van der Waals surface area contributed by atoms with Crippen LogP contribution in [0.1, 0.15) is 36.5 Å². The smallest absolute Gasteiger partial charge is 0.0239 e. The zero-order valence-corrected chi connectivity index (χ0v) is 7.57. The summed E-state index contributed by atoms with van der Waals surface area (Å²) in [5, 5.41) is 11.7. The first-order valence-corrected chi connectivity index (χ1v) is 4.79. The van der Waals surface area contributed by atoms with Gasteiger partial charge in [-0.05, 0) is 12.0 Å². The minimum absolute atomic E-state index is 0.527. The van der Waals surface area contributed by atoms with Crippen LogP contribution in [0.4, 0.5) is 0 Å². The third-order valence-electron chi connectivity index (χ3n) is 2.48. The second-order valence-electron chi connectivity index (χ2n) is 3.45. The van der Waals surface area contributed by atoms with Crippen LogP contribution >= 0.6 is 0 Å². The fourth-order valence-corrected chi connectivity index (χ4v) is 1.74. The summed E-state index contributed by atoms with van der Waals surface area (Å²) in [5.74, 6) is 0. The van der Waals surface area contributed by atoms with Gasteiger partial charge in [0.1, 0.15) is 0 Å². The topological polar surface area (TPSA) is 23.1 Å². The molecule has 0 bridgehead atoms. The Morgan fingerprint density at radius 1 is 1.23 bits per heavy atom. The molecule has 1 unspecified atom stereocenters. The molecule has 2 rings (SSSR count). The SMILES string of the molecule is [O-]C1CCCC=Cc2ccccc21. The molecule has 1 atom stereocenters. The predicted octanol–water partition coefficient (Wildman–Crippen LogP) is 2.29. The first-order chi connectivity index (χ1) is 6.38. The zero-order valence-electron chi connectivity index (χ0n) is 7.57. The molecule has 0 amide bonds. The Morgan fingerprint density at radius 2 is 2.08 bits per heavy atom. The van der Waals surface area contributed by atoms with Gasteiger partial charge in [-0.2, -0.15) is 0 Å². The summed E-state index contributed by atoms with van der Waals surface area (Å²) in [4.78, 5) is 0. The van der Waals surface area contributed by atoms with E-state index in [4.69, 9.17) is 0 Å². The molecule has 0 fully saturated rings. The average Bonchev–Trinajstić information content (AvgIpc) is 2.14. The normalized spacial score (nSPS) is 21.8. The number of hydrogen-bond donors (Lipinski definition) is 0. The summed E-state index contributed by atoms with van der Waals surface area (Å²) in [6.07, 6.45) is 6.51. The van der Waals surface area contributed by atoms with Gasteiger partial charge in [-0.3, -0.25) is 0 Å². The highest BCUT2D eigenvalue weighted by molar-refractivity contribution is 5.54. The number of fused-ring (bicyclic) bond motifs is 1. The molecule has 1 aromatic rings. The van der Waals surface area contributed by atoms with Crippen molar-refractivity contribution >= 4 is 6.08 Å². The van der Waals surface area contributed by atoms with E-state index in [-0.39, 0.29) is 0 Å². The molecular formula is C12H13O-. The average molecular weight is 173 g/mol. The van der Waals surface area contributed by atoms with Crippen LogP contribution in [0, 0.1) is 0 Å². The van der Waals surface area contributed by atoms with Crippen LogP contribution in [0.15, 0.2) is 30.3 Å². The van der Waals surface area contributed by atoms with E-state index in [1.54, 1.807) is 0 Å². The van der Waals surface area contributed by atoms with Crippen LogP contribution in [-0.4, -0.2) is 0 Å². The van der Waals surface area contributed by atoms with E-state index in [1.807, 2.05) is 24.3 Å². The Kier molecular flexibility index (Phi) is 2.46. The molecule has 13 heavy (non-hydrogen) atoms. The summed E-state index contributed by atoms with van der Waals surface area (Å²) in [5.41, 5.74) is 2.06. The lowest BCUT2D eigenvalue weighted by Crippen LogP contribution is -2.16. The van der Waals surface area contributed by atoms with Crippen molar-refractivity contribution in [1.29, 1.82) is 0 Å². The van der Waals surface area contributed by atoms with Gasteiger partial charge in [0, 0.05) is 0 Å². The van der Waals surface area contributed by atoms with Crippen molar-refractivity contribution < 1.29 is 5.11 Å². The summed E-state index contributed by atoms with van der Waals surface area (Å²) >= 11 is 0. The monoisotopic (exact) mass is 173 g/mol. The molecule has 0 aliphatic heterocycles. The maximum Gasteiger partial charge on any atom is -0.0239 e. The van der Waals surface area contributed by atoms with E-state index < -0.39 is 6.10 Å². The minimum atomic E-state index is -0.527. The van der Waals surface area contributed by atoms with Crippen molar-refractivity contribution in [3.8, 4) is 0 Å². The van der Waals surface area contributed by atoms with Crippen LogP contribution in [0.2, 0.25) is 0 Å². The highest BCUT2D eigenvalue weighted by Crippen LogP contribution is 2.24. The van der Waals surface area contributed by atoms with E-state index in [2.05, 4.69) is 12.2 Å². The molecule has 0 spiro atoms. The fourth-order valence-electron chi connectivity index (χ4n) is 1.74. The van der Waals surface area contributed by atoms with Crippen molar-refractivity contribution in [2.24, 2.45) is 0 Å². The largest absolute Gasteiger partial charge is 0.849 e. The van der Waals surface area contributed by atoms with Gasteiger partial charge in [-0.25, -0.2) is 0 Å². The Labute approximate surface area is 78.7 Å². The predicted molar refractivity (Wildman–Crippen MR) is 52.1 cm³/mol. The van der Waals surface area contributed by atoms with Crippen LogP contribution in [-0.2, 0) is 0 Å². The molecule has 1 heteroatoms. The molecule has 0 aromatic heterocycles. The second kappa shape index (κ2) is 3.75. The van der Waals surface area contributed by atoms with Gasteiger partial charge in [-0.15, -0.1) is 0 Å². The maximum absolute atomic E-state index is 11.7. The molecule has 0 saturated heterocycles. The number of rotatable bonds is 0. The number of allylic oxidation sites excluding steroid dienone is 1. The van der Waals surface area contributed by atoms with Gasteiger partial charge in [0.25, 0.3) is 0 Å². The number of hydrogen-bond acceptors (Lipinski definition) is 1. The minimum Gasteiger partial charge on any atom is -0.849 e. The summed E-state index contributed by atoms with van der Waals surface area (Å²) < 4.78 is 0. The van der Waals surface area contributed by atoms with Crippen molar-refractivity contribution in [1.82, 2.24) is 0 Å². The standard InChI is InChI=1S/C12H13O/c13-12-9-3-1-2-6-10-7-4-5-8-11(10)12/h2,4-8,12H,1,3,9H2/q-1. The molecule has 0 heterocycles. The first kappa shape index (κ1) is 8.52. The molecule has 68 valence electrons. The van der Waals surface area contributed by atoms with Gasteiger partial charge in [-0.1, -0.05) is 60.9 Å². The Morgan fingerprint density at radius 3 is 3.00 bits per heavy atom. The van der Waals surface area contributed by atoms with E-state index in [1.165, 1.54) is 0 Å². The highest BCUT2D eigenvalue weighted by Gasteiger charge is 2.04. The van der Waals surface area contributed by atoms with Crippen molar-refractivity contribution in [3.63, 3.8) is 0 Å². The van der Waals surface area contributed by atoms with E-state index in [0.717, 1.165) is 30.4 Å². The molecule has 1 aliphatic carbocycles. The van der Waals surface area contributed by atoms with Crippen molar-refractivity contribution in [2.45, 2.75) is 25.4 Å². The van der Waals surface area contributed by atoms with Gasteiger partial charge in [0.05, 0.1) is 0 Å². The van der Waals surface area contributed by atoms with Crippen LogP contribution in [0.3, 0.4) is 0 Å². The molecule has 0 radical (unpaired) electrons. The third-order valence-corrected chi connectivity index (χ3v) is 2.48. The Balaban J connectivity index is 2.43. The molecule has 1 nitrogen and oxygen atoms in total. The van der Waals surface area contributed by atoms with Crippen molar-refractivity contribution in [2.75, 3.05) is 0 Å². The fraction of sp³-hybridized carbons (Fsp3) is 0.333. The quantitative estimate of drug-likeness (QED) is 0.590. The lowest BCUT2D eigenvalue weighted by atomic mass is 9.95. The van der Waals surface area contributed by atoms with Crippen molar-refractivity contribution in [3.05, 3.63) is 41.5 Å². The van der Waals surface area contributed by atoms with E-state index in [9.17, 15) is 5.11 Å². The van der Waals surface area contributed by atoms with Gasteiger partial charge in [0.15, 0.2) is 0 Å². The lowest BCUT2D eigenvalue weighted by molar-refractivity contribution is -0.428. The lowest BCUT2D eigenvalue weighted by Gasteiger charge is -2.25. The van der Waals surface area contributed by atoms with E-state index >= 15 is 0 Å². The Bertz CT molecular complexity index is 315. The molecule has 0 N–H and O–H groups in total. The molecule has 1 aromatic carbocycles. The van der Waals surface area contributed by atoms with Gasteiger partial charge < -0.3 is 5.11 Å². The zero-order chi connectivity index (χ0) is 9.10. The second-order valence-corrected chi connectivity index (χ2v) is 3.45. The highest BCUT2D eigenvalue weighted by atomic mass is 16.3. The van der Waals surface area contributed by atoms with Crippen LogP contribution in [0.25, 0.3) is 6.08 Å². The van der Waals surface area contributed by atoms with Crippen LogP contribution in [0.5, 0.6) is 0 Å². The van der Waals surface area contributed by atoms with Gasteiger partial charge in [0.2, 0.25) is 0 Å². The summed E-state index contributed by atoms with van der Waals surface area (Å²) in [7, 11) is 0. The van der Waals surface area contributed by atoms with Crippen LogP contribution < -0.4 is 5.11 Å². The molecule has 1 aliphatic rings. The molecular weight excluding hydrogens is 160 g/mol. The number of benzene rings is 1. The third kappa shape index (κ3) is 1.81.